The largest absolute Gasteiger partial charge is 0.465 e. The van der Waals surface area contributed by atoms with E-state index in [1.165, 1.54) is 35.5 Å². The highest BCUT2D eigenvalue weighted by Gasteiger charge is 2.20. The van der Waals surface area contributed by atoms with E-state index in [1.807, 2.05) is 6.92 Å². The van der Waals surface area contributed by atoms with Gasteiger partial charge in [-0.25, -0.2) is 19.3 Å². The molecule has 0 aliphatic heterocycles. The molecule has 0 saturated heterocycles. The van der Waals surface area contributed by atoms with Gasteiger partial charge < -0.3 is 4.74 Å². The molecule has 0 atom stereocenters. The number of esters is 1. The second kappa shape index (κ2) is 6.39. The first-order valence-electron chi connectivity index (χ1n) is 7.86. The highest BCUT2D eigenvalue weighted by atomic mass is 32.1. The molecule has 0 radical (unpaired) electrons. The van der Waals surface area contributed by atoms with Crippen molar-refractivity contribution in [3.8, 4) is 0 Å². The number of thiophene rings is 1. The van der Waals surface area contributed by atoms with Crippen molar-refractivity contribution in [1.29, 1.82) is 0 Å². The van der Waals surface area contributed by atoms with Crippen LogP contribution in [0, 0.1) is 17.0 Å². The van der Waals surface area contributed by atoms with Gasteiger partial charge in [0.25, 0.3) is 0 Å². The quantitative estimate of drug-likeness (QED) is 0.288. The summed E-state index contributed by atoms with van der Waals surface area (Å²) in [4.78, 5) is 32.2. The number of ether oxygens (including phenoxy) is 1. The predicted molar refractivity (Wildman–Crippen MR) is 94.8 cm³/mol. The van der Waals surface area contributed by atoms with Gasteiger partial charge in [0.2, 0.25) is 0 Å². The standard InChI is InChI=1S/C15H13N7O4S/c1-8-11-13-18-10(3-4-20-6-9(5-17-20)22(24)25)19-21(13)7-16-14(11)27-12(8)15(23)26-2/h5-7H,3-4H2,1-2H3. The van der Waals surface area contributed by atoms with Crippen LogP contribution < -0.4 is 0 Å². The number of carbonyl (C=O) groups excluding carboxylic acids is 1. The zero-order chi connectivity index (χ0) is 19.1. The molecule has 4 aromatic rings. The first-order chi connectivity index (χ1) is 13.0. The summed E-state index contributed by atoms with van der Waals surface area (Å²) in [5.74, 6) is 0.140. The van der Waals surface area contributed by atoms with Gasteiger partial charge in [0, 0.05) is 13.0 Å². The number of fused-ring (bicyclic) bond motifs is 3. The number of rotatable bonds is 5. The van der Waals surface area contributed by atoms with Crippen LogP contribution in [0.2, 0.25) is 0 Å². The molecule has 4 rings (SSSR count). The van der Waals surface area contributed by atoms with Crippen molar-refractivity contribution in [2.75, 3.05) is 7.11 Å². The molecule has 12 heteroatoms. The normalized spacial score (nSPS) is 11.3. The lowest BCUT2D eigenvalue weighted by Crippen LogP contribution is -2.03. The lowest BCUT2D eigenvalue weighted by molar-refractivity contribution is -0.385. The Hall–Kier alpha value is -3.41. The Morgan fingerprint density at radius 1 is 1.44 bits per heavy atom. The number of hydrogen-bond donors (Lipinski definition) is 0. The molecule has 0 aliphatic carbocycles. The van der Waals surface area contributed by atoms with E-state index >= 15 is 0 Å². The molecule has 0 spiro atoms. The Morgan fingerprint density at radius 2 is 2.26 bits per heavy atom. The van der Waals surface area contributed by atoms with Gasteiger partial charge in [-0.05, 0) is 12.5 Å². The monoisotopic (exact) mass is 387 g/mol. The van der Waals surface area contributed by atoms with Crippen molar-refractivity contribution >= 4 is 38.9 Å². The molecular formula is C15H13N7O4S. The Kier molecular flexibility index (Phi) is 4.03. The van der Waals surface area contributed by atoms with E-state index in [0.29, 0.717) is 34.1 Å². The van der Waals surface area contributed by atoms with Gasteiger partial charge in [0.1, 0.15) is 28.4 Å². The highest BCUT2D eigenvalue weighted by Crippen LogP contribution is 2.32. The summed E-state index contributed by atoms with van der Waals surface area (Å²) in [5.41, 5.74) is 1.29. The smallest absolute Gasteiger partial charge is 0.348 e. The number of nitro groups is 1. The summed E-state index contributed by atoms with van der Waals surface area (Å²) in [6.07, 6.45) is 4.55. The topological polar surface area (TPSA) is 130 Å². The molecule has 138 valence electrons. The number of aromatic nitrogens is 6. The molecule has 0 saturated carbocycles. The van der Waals surface area contributed by atoms with Crippen molar-refractivity contribution in [3.05, 3.63) is 45.1 Å². The summed E-state index contributed by atoms with van der Waals surface area (Å²) in [5, 5.41) is 19.8. The van der Waals surface area contributed by atoms with Crippen molar-refractivity contribution in [2.24, 2.45) is 0 Å². The van der Waals surface area contributed by atoms with Crippen LogP contribution in [-0.4, -0.2) is 47.4 Å². The van der Waals surface area contributed by atoms with E-state index in [-0.39, 0.29) is 5.69 Å². The fraction of sp³-hybridized carbons (Fsp3) is 0.267. The number of aryl methyl sites for hydroxylation is 3. The van der Waals surface area contributed by atoms with Gasteiger partial charge in [-0.3, -0.25) is 14.8 Å². The zero-order valence-corrected chi connectivity index (χ0v) is 15.1. The van der Waals surface area contributed by atoms with Crippen LogP contribution in [0.3, 0.4) is 0 Å². The van der Waals surface area contributed by atoms with Crippen LogP contribution in [-0.2, 0) is 17.7 Å². The third-order valence-electron chi connectivity index (χ3n) is 4.08. The van der Waals surface area contributed by atoms with Crippen molar-refractivity contribution in [2.45, 2.75) is 19.9 Å². The van der Waals surface area contributed by atoms with E-state index in [0.717, 1.165) is 10.9 Å². The minimum Gasteiger partial charge on any atom is -0.465 e. The summed E-state index contributed by atoms with van der Waals surface area (Å²) in [7, 11) is 1.34. The van der Waals surface area contributed by atoms with Crippen molar-refractivity contribution in [1.82, 2.24) is 29.4 Å². The Bertz CT molecular complexity index is 1190. The van der Waals surface area contributed by atoms with E-state index in [2.05, 4.69) is 20.2 Å². The second-order valence-electron chi connectivity index (χ2n) is 5.74. The summed E-state index contributed by atoms with van der Waals surface area (Å²) < 4.78 is 7.85. The first-order valence-corrected chi connectivity index (χ1v) is 8.68. The Labute approximate surface area is 155 Å². The maximum absolute atomic E-state index is 11.9. The minimum absolute atomic E-state index is 0.0619. The van der Waals surface area contributed by atoms with E-state index in [9.17, 15) is 14.9 Å². The maximum Gasteiger partial charge on any atom is 0.348 e. The molecule has 11 nitrogen and oxygen atoms in total. The number of nitrogens with zero attached hydrogens (tertiary/aromatic N) is 7. The average Bonchev–Trinajstić information content (AvgIpc) is 3.35. The highest BCUT2D eigenvalue weighted by molar-refractivity contribution is 7.20. The summed E-state index contributed by atoms with van der Waals surface area (Å²) in [6.45, 7) is 2.22. The summed E-state index contributed by atoms with van der Waals surface area (Å²) in [6, 6.07) is 0. The van der Waals surface area contributed by atoms with E-state index in [1.54, 1.807) is 10.8 Å². The molecule has 0 aromatic carbocycles. The van der Waals surface area contributed by atoms with Crippen LogP contribution in [0.15, 0.2) is 18.7 Å². The number of carbonyl (C=O) groups is 1. The fourth-order valence-corrected chi connectivity index (χ4v) is 3.82. The van der Waals surface area contributed by atoms with Gasteiger partial charge in [-0.1, -0.05) is 0 Å². The minimum atomic E-state index is -0.493. The molecule has 0 aliphatic rings. The van der Waals surface area contributed by atoms with Gasteiger partial charge in [-0.15, -0.1) is 16.4 Å². The van der Waals surface area contributed by atoms with Gasteiger partial charge in [-0.2, -0.15) is 5.10 Å². The first kappa shape index (κ1) is 17.0. The molecule has 0 amide bonds. The molecule has 0 bridgehead atoms. The van der Waals surface area contributed by atoms with Crippen LogP contribution in [0.1, 0.15) is 21.1 Å². The van der Waals surface area contributed by atoms with E-state index < -0.39 is 10.9 Å². The third kappa shape index (κ3) is 2.89. The number of methoxy groups -OCH3 is 1. The molecular weight excluding hydrogens is 374 g/mol. The second-order valence-corrected chi connectivity index (χ2v) is 6.74. The molecule has 4 aromatic heterocycles. The predicted octanol–water partition coefficient (Wildman–Crippen LogP) is 1.78. The number of hydrogen-bond acceptors (Lipinski definition) is 9. The van der Waals surface area contributed by atoms with Crippen LogP contribution in [0.4, 0.5) is 5.69 Å². The molecule has 0 fully saturated rings. The van der Waals surface area contributed by atoms with Crippen molar-refractivity contribution in [3.63, 3.8) is 0 Å². The third-order valence-corrected chi connectivity index (χ3v) is 5.26. The zero-order valence-electron chi connectivity index (χ0n) is 14.3. The van der Waals surface area contributed by atoms with E-state index in [4.69, 9.17) is 4.74 Å². The van der Waals surface area contributed by atoms with Crippen LogP contribution in [0.5, 0.6) is 0 Å². The van der Waals surface area contributed by atoms with Gasteiger partial charge in [0.15, 0.2) is 11.5 Å². The molecule has 27 heavy (non-hydrogen) atoms. The van der Waals surface area contributed by atoms with Crippen LogP contribution in [0.25, 0.3) is 15.9 Å². The SMILES string of the molecule is COC(=O)c1sc2ncn3nc(CCn4cc([N+](=O)[O-])cn4)nc3c2c1C. The Balaban J connectivity index is 1.67. The van der Waals surface area contributed by atoms with Gasteiger partial charge >= 0.3 is 11.7 Å². The molecule has 0 unspecified atom stereocenters. The molecule has 0 N–H and O–H groups in total. The molecule has 4 heterocycles. The van der Waals surface area contributed by atoms with Crippen LogP contribution >= 0.6 is 11.3 Å². The van der Waals surface area contributed by atoms with Gasteiger partial charge in [0.05, 0.1) is 17.4 Å². The lowest BCUT2D eigenvalue weighted by Gasteiger charge is -1.96. The Morgan fingerprint density at radius 3 is 2.96 bits per heavy atom. The maximum atomic E-state index is 11.9. The lowest BCUT2D eigenvalue weighted by atomic mass is 10.2. The summed E-state index contributed by atoms with van der Waals surface area (Å²) >= 11 is 1.25. The fourth-order valence-electron chi connectivity index (χ4n) is 2.76. The average molecular weight is 387 g/mol. The van der Waals surface area contributed by atoms with Crippen molar-refractivity contribution < 1.29 is 14.5 Å².